The maximum atomic E-state index is 13.9. The van der Waals surface area contributed by atoms with Gasteiger partial charge >= 0.3 is 0 Å². The molecule has 6 heteroatoms. The van der Waals surface area contributed by atoms with Gasteiger partial charge in [-0.25, -0.2) is 4.98 Å². The van der Waals surface area contributed by atoms with Gasteiger partial charge in [-0.2, -0.15) is 0 Å². The summed E-state index contributed by atoms with van der Waals surface area (Å²) in [6.07, 6.45) is 5.09. The van der Waals surface area contributed by atoms with E-state index in [0.29, 0.717) is 10.7 Å². The summed E-state index contributed by atoms with van der Waals surface area (Å²) in [4.78, 5) is 34.2. The van der Waals surface area contributed by atoms with E-state index in [4.69, 9.17) is 4.98 Å². The number of hydrogen-bond acceptors (Lipinski definition) is 5. The molecular weight excluding hydrogens is 496 g/mol. The third kappa shape index (κ3) is 3.87. The van der Waals surface area contributed by atoms with Crippen LogP contribution in [0.4, 0.5) is 0 Å². The highest BCUT2D eigenvalue weighted by Crippen LogP contribution is 2.38. The predicted octanol–water partition coefficient (Wildman–Crippen LogP) is 6.87. The molecule has 0 aliphatic heterocycles. The number of nitrogens with zero attached hydrogens (tertiary/aromatic N) is 2. The number of thioether (sulfide) groups is 1. The number of carbonyl (C=O) groups is 1. The molecule has 0 spiro atoms. The van der Waals surface area contributed by atoms with Crippen molar-refractivity contribution in [1.29, 1.82) is 0 Å². The van der Waals surface area contributed by atoms with Crippen molar-refractivity contribution >= 4 is 39.1 Å². The van der Waals surface area contributed by atoms with Crippen LogP contribution in [0, 0.1) is 0 Å². The molecule has 3 aromatic carbocycles. The summed E-state index contributed by atoms with van der Waals surface area (Å²) >= 11 is 3.00. The van der Waals surface area contributed by atoms with Crippen LogP contribution in [-0.4, -0.2) is 21.1 Å². The van der Waals surface area contributed by atoms with E-state index in [-0.39, 0.29) is 17.1 Å². The molecular formula is C31H24N2O2S2. The fraction of sp³-hybridized carbons (Fsp3) is 0.194. The molecule has 2 aliphatic carbocycles. The Morgan fingerprint density at radius 2 is 1.70 bits per heavy atom. The summed E-state index contributed by atoms with van der Waals surface area (Å²) in [7, 11) is 0. The Bertz CT molecular complexity index is 1750. The van der Waals surface area contributed by atoms with Crippen LogP contribution >= 0.6 is 23.1 Å². The van der Waals surface area contributed by atoms with E-state index in [1.165, 1.54) is 44.5 Å². The number of hydrogen-bond donors (Lipinski definition) is 0. The number of thiophene rings is 1. The second kappa shape index (κ2) is 9.12. The van der Waals surface area contributed by atoms with Gasteiger partial charge in [0, 0.05) is 10.4 Å². The second-order valence-corrected chi connectivity index (χ2v) is 11.7. The van der Waals surface area contributed by atoms with E-state index in [0.717, 1.165) is 48.0 Å². The van der Waals surface area contributed by atoms with Crippen molar-refractivity contribution in [2.24, 2.45) is 0 Å². The minimum absolute atomic E-state index is 0.0270. The Kier molecular flexibility index (Phi) is 5.59. The average molecular weight is 521 g/mol. The van der Waals surface area contributed by atoms with E-state index in [2.05, 4.69) is 30.3 Å². The van der Waals surface area contributed by atoms with E-state index < -0.39 is 0 Å². The minimum atomic E-state index is -0.0270. The van der Waals surface area contributed by atoms with Gasteiger partial charge in [-0.15, -0.1) is 11.3 Å². The SMILES string of the molecule is O=C(CSc1nc2sc3c(c2c(=O)n1-c1ccccc1)CCCC3)c1ccc2c(c1)Cc1ccccc1-2. The number of para-hydroxylation sites is 1. The molecule has 5 aromatic rings. The van der Waals surface area contributed by atoms with Crippen LogP contribution in [0.2, 0.25) is 0 Å². The highest BCUT2D eigenvalue weighted by atomic mass is 32.2. The second-order valence-electron chi connectivity index (χ2n) is 9.68. The van der Waals surface area contributed by atoms with Gasteiger partial charge in [-0.1, -0.05) is 66.4 Å². The number of fused-ring (bicyclic) bond motifs is 6. The third-order valence-corrected chi connectivity index (χ3v) is 9.54. The number of rotatable bonds is 5. The molecule has 0 amide bonds. The quantitative estimate of drug-likeness (QED) is 0.141. The molecule has 2 aromatic heterocycles. The fourth-order valence-corrected chi connectivity index (χ4v) is 7.83. The number of carbonyl (C=O) groups excluding carboxylic acids is 1. The number of aryl methyl sites for hydroxylation is 2. The van der Waals surface area contributed by atoms with Gasteiger partial charge < -0.3 is 0 Å². The third-order valence-electron chi connectivity index (χ3n) is 7.42. The van der Waals surface area contributed by atoms with E-state index in [1.807, 2.05) is 42.5 Å². The van der Waals surface area contributed by atoms with Gasteiger partial charge in [0.05, 0.1) is 16.8 Å². The van der Waals surface area contributed by atoms with E-state index in [9.17, 15) is 9.59 Å². The first-order chi connectivity index (χ1) is 18.2. The highest BCUT2D eigenvalue weighted by molar-refractivity contribution is 7.99. The van der Waals surface area contributed by atoms with Crippen LogP contribution in [-0.2, 0) is 19.3 Å². The molecule has 0 atom stereocenters. The lowest BCUT2D eigenvalue weighted by Crippen LogP contribution is -2.22. The van der Waals surface area contributed by atoms with Crippen molar-refractivity contribution in [3.63, 3.8) is 0 Å². The maximum absolute atomic E-state index is 13.9. The van der Waals surface area contributed by atoms with E-state index in [1.54, 1.807) is 15.9 Å². The molecule has 182 valence electrons. The van der Waals surface area contributed by atoms with Crippen molar-refractivity contribution in [3.05, 3.63) is 110 Å². The van der Waals surface area contributed by atoms with Crippen LogP contribution in [0.5, 0.6) is 0 Å². The number of aromatic nitrogens is 2. The molecule has 0 fully saturated rings. The summed E-state index contributed by atoms with van der Waals surface area (Å²) in [5.74, 6) is 0.268. The van der Waals surface area contributed by atoms with Crippen molar-refractivity contribution in [2.75, 3.05) is 5.75 Å². The van der Waals surface area contributed by atoms with E-state index >= 15 is 0 Å². The van der Waals surface area contributed by atoms with Gasteiger partial charge in [0.25, 0.3) is 5.56 Å². The highest BCUT2D eigenvalue weighted by Gasteiger charge is 2.24. The van der Waals surface area contributed by atoms with Gasteiger partial charge in [0.1, 0.15) is 4.83 Å². The minimum Gasteiger partial charge on any atom is -0.293 e. The Morgan fingerprint density at radius 1 is 0.919 bits per heavy atom. The van der Waals surface area contributed by atoms with Crippen molar-refractivity contribution in [3.8, 4) is 16.8 Å². The van der Waals surface area contributed by atoms with Crippen molar-refractivity contribution in [1.82, 2.24) is 9.55 Å². The van der Waals surface area contributed by atoms with Gasteiger partial charge in [0.2, 0.25) is 0 Å². The van der Waals surface area contributed by atoms with Crippen molar-refractivity contribution < 1.29 is 4.79 Å². The Balaban J connectivity index is 1.23. The molecule has 0 saturated heterocycles. The zero-order valence-corrected chi connectivity index (χ0v) is 21.8. The van der Waals surface area contributed by atoms with Gasteiger partial charge in [-0.3, -0.25) is 14.2 Å². The van der Waals surface area contributed by atoms with Crippen LogP contribution < -0.4 is 5.56 Å². The lowest BCUT2D eigenvalue weighted by atomic mass is 9.97. The first kappa shape index (κ1) is 22.7. The Hall–Kier alpha value is -3.48. The fourth-order valence-electron chi connectivity index (χ4n) is 5.62. The zero-order valence-electron chi connectivity index (χ0n) is 20.2. The molecule has 0 N–H and O–H groups in total. The van der Waals surface area contributed by atoms with Crippen LogP contribution in [0.3, 0.4) is 0 Å². The molecule has 0 saturated carbocycles. The normalized spacial score (nSPS) is 13.8. The van der Waals surface area contributed by atoms with Crippen LogP contribution in [0.25, 0.3) is 27.0 Å². The lowest BCUT2D eigenvalue weighted by Gasteiger charge is -2.13. The lowest BCUT2D eigenvalue weighted by molar-refractivity contribution is 0.102. The molecule has 0 unspecified atom stereocenters. The first-order valence-corrected chi connectivity index (χ1v) is 14.5. The van der Waals surface area contributed by atoms with Gasteiger partial charge in [-0.05, 0) is 78.1 Å². The number of benzene rings is 3. The van der Waals surface area contributed by atoms with Crippen molar-refractivity contribution in [2.45, 2.75) is 37.3 Å². The molecule has 7 rings (SSSR count). The summed E-state index contributed by atoms with van der Waals surface area (Å²) in [5, 5.41) is 1.33. The first-order valence-electron chi connectivity index (χ1n) is 12.7. The summed E-state index contributed by atoms with van der Waals surface area (Å²) in [5.41, 5.74) is 7.62. The largest absolute Gasteiger partial charge is 0.293 e. The predicted molar refractivity (Wildman–Crippen MR) is 152 cm³/mol. The monoisotopic (exact) mass is 520 g/mol. The average Bonchev–Trinajstić information content (AvgIpc) is 3.50. The smallest absolute Gasteiger partial charge is 0.267 e. The number of Topliss-reactive ketones (excluding diaryl/α,β-unsaturated/α-hetero) is 1. The molecule has 2 aliphatic rings. The topological polar surface area (TPSA) is 52.0 Å². The molecule has 0 bridgehead atoms. The zero-order chi connectivity index (χ0) is 24.9. The molecule has 0 radical (unpaired) electrons. The summed E-state index contributed by atoms with van der Waals surface area (Å²) in [6, 6.07) is 24.1. The number of ketones is 1. The van der Waals surface area contributed by atoms with Gasteiger partial charge in [0.15, 0.2) is 10.9 Å². The maximum Gasteiger partial charge on any atom is 0.267 e. The summed E-state index contributed by atoms with van der Waals surface area (Å²) in [6.45, 7) is 0. The Labute approximate surface area is 223 Å². The molecule has 37 heavy (non-hydrogen) atoms. The van der Waals surface area contributed by atoms with Crippen LogP contribution in [0.1, 0.15) is 44.8 Å². The summed E-state index contributed by atoms with van der Waals surface area (Å²) < 4.78 is 1.70. The standard InChI is InChI=1S/C31H24N2O2S2/c34-26(20-14-15-24-21(17-20)16-19-8-4-5-11-23(19)24)18-36-31-32-29-28(25-12-6-7-13-27(25)37-29)30(35)33(31)22-9-2-1-3-10-22/h1-5,8-11,14-15,17H,6-7,12-13,16,18H2. The molecule has 2 heterocycles. The van der Waals surface area contributed by atoms with Crippen LogP contribution in [0.15, 0.2) is 82.7 Å². The Morgan fingerprint density at radius 3 is 2.59 bits per heavy atom. The molecule has 4 nitrogen and oxygen atoms in total.